The van der Waals surface area contributed by atoms with E-state index in [9.17, 15) is 13.2 Å². The van der Waals surface area contributed by atoms with E-state index >= 15 is 0 Å². The van der Waals surface area contributed by atoms with Crippen LogP contribution in [-0.4, -0.2) is 32.8 Å². The van der Waals surface area contributed by atoms with E-state index in [2.05, 4.69) is 0 Å². The van der Waals surface area contributed by atoms with Crippen molar-refractivity contribution in [3.63, 3.8) is 0 Å². The summed E-state index contributed by atoms with van der Waals surface area (Å²) in [6, 6.07) is 3.04. The summed E-state index contributed by atoms with van der Waals surface area (Å²) in [6.45, 7) is 6.04. The molecule has 106 valence electrons. The monoisotopic (exact) mass is 284 g/mol. The van der Waals surface area contributed by atoms with Gasteiger partial charge in [-0.05, 0) is 37.5 Å². The van der Waals surface area contributed by atoms with Gasteiger partial charge in [0.1, 0.15) is 0 Å². The highest BCUT2D eigenvalue weighted by molar-refractivity contribution is 7.89. The van der Waals surface area contributed by atoms with Crippen LogP contribution >= 0.6 is 0 Å². The van der Waals surface area contributed by atoms with Crippen LogP contribution < -0.4 is 5.14 Å². The van der Waals surface area contributed by atoms with Gasteiger partial charge in [-0.3, -0.25) is 4.79 Å². The number of primary sulfonamides is 1. The van der Waals surface area contributed by atoms with E-state index in [1.165, 1.54) is 6.07 Å². The molecule has 0 aromatic heterocycles. The van der Waals surface area contributed by atoms with Gasteiger partial charge in [0.25, 0.3) is 5.91 Å². The number of carbonyl (C=O) groups excluding carboxylic acids is 1. The predicted octanol–water partition coefficient (Wildman–Crippen LogP) is 1.43. The molecule has 0 radical (unpaired) electrons. The van der Waals surface area contributed by atoms with Gasteiger partial charge in [0.2, 0.25) is 10.0 Å². The van der Waals surface area contributed by atoms with Crippen LogP contribution in [0.2, 0.25) is 0 Å². The highest BCUT2D eigenvalue weighted by Crippen LogP contribution is 2.20. The molecule has 1 aromatic rings. The molecule has 0 spiro atoms. The van der Waals surface area contributed by atoms with Gasteiger partial charge < -0.3 is 4.90 Å². The molecule has 1 amide bonds. The number of aryl methyl sites for hydroxylation is 2. The second-order valence-electron chi connectivity index (χ2n) is 4.70. The molecular formula is C13H20N2O3S. The van der Waals surface area contributed by atoms with E-state index in [1.807, 2.05) is 6.92 Å². The average Bonchev–Trinajstić information content (AvgIpc) is 2.26. The first-order valence-electron chi connectivity index (χ1n) is 6.08. The van der Waals surface area contributed by atoms with Crippen molar-refractivity contribution in [3.05, 3.63) is 28.8 Å². The Morgan fingerprint density at radius 3 is 2.32 bits per heavy atom. The Bertz CT molecular complexity index is 594. The zero-order valence-corrected chi connectivity index (χ0v) is 12.5. The molecule has 1 rings (SSSR count). The van der Waals surface area contributed by atoms with E-state index in [0.717, 1.165) is 12.0 Å². The molecule has 6 heteroatoms. The second kappa shape index (κ2) is 5.71. The molecule has 19 heavy (non-hydrogen) atoms. The molecule has 2 N–H and O–H groups in total. The van der Waals surface area contributed by atoms with Crippen molar-refractivity contribution >= 4 is 15.9 Å². The maximum absolute atomic E-state index is 12.2. The highest BCUT2D eigenvalue weighted by atomic mass is 32.2. The van der Waals surface area contributed by atoms with Gasteiger partial charge in [0, 0.05) is 19.2 Å². The van der Waals surface area contributed by atoms with Crippen LogP contribution in [0.1, 0.15) is 34.8 Å². The Morgan fingerprint density at radius 2 is 1.84 bits per heavy atom. The second-order valence-corrected chi connectivity index (χ2v) is 6.23. The molecular weight excluding hydrogens is 264 g/mol. The lowest BCUT2D eigenvalue weighted by Crippen LogP contribution is -2.28. The SMILES string of the molecule is CCCN(C)C(=O)c1cc(S(N)(=O)=O)c(C)cc1C. The lowest BCUT2D eigenvalue weighted by Gasteiger charge is -2.18. The topological polar surface area (TPSA) is 80.5 Å². The van der Waals surface area contributed by atoms with Gasteiger partial charge in [-0.1, -0.05) is 13.0 Å². The maximum Gasteiger partial charge on any atom is 0.253 e. The number of hydrogen-bond donors (Lipinski definition) is 1. The zero-order chi connectivity index (χ0) is 14.8. The highest BCUT2D eigenvalue weighted by Gasteiger charge is 2.19. The number of hydrogen-bond acceptors (Lipinski definition) is 3. The van der Waals surface area contributed by atoms with Gasteiger partial charge in [-0.2, -0.15) is 0 Å². The van der Waals surface area contributed by atoms with E-state index in [0.29, 0.717) is 17.7 Å². The fourth-order valence-electron chi connectivity index (χ4n) is 2.01. The van der Waals surface area contributed by atoms with Crippen molar-refractivity contribution in [3.8, 4) is 0 Å². The number of amides is 1. The Hall–Kier alpha value is -1.40. The minimum Gasteiger partial charge on any atom is -0.342 e. The normalized spacial score (nSPS) is 11.4. The summed E-state index contributed by atoms with van der Waals surface area (Å²) in [4.78, 5) is 13.8. The first-order chi connectivity index (χ1) is 8.68. The molecule has 0 fully saturated rings. The number of benzene rings is 1. The fourth-order valence-corrected chi connectivity index (χ4v) is 2.80. The summed E-state index contributed by atoms with van der Waals surface area (Å²) >= 11 is 0. The lowest BCUT2D eigenvalue weighted by atomic mass is 10.0. The average molecular weight is 284 g/mol. The molecule has 0 unspecified atom stereocenters. The zero-order valence-electron chi connectivity index (χ0n) is 11.7. The van der Waals surface area contributed by atoms with Gasteiger partial charge >= 0.3 is 0 Å². The van der Waals surface area contributed by atoms with Crippen molar-refractivity contribution < 1.29 is 13.2 Å². The van der Waals surface area contributed by atoms with Crippen LogP contribution in [0.3, 0.4) is 0 Å². The van der Waals surface area contributed by atoms with Crippen LogP contribution in [0.25, 0.3) is 0 Å². The molecule has 0 aliphatic rings. The Balaban J connectivity index is 3.34. The van der Waals surface area contributed by atoms with Crippen LogP contribution in [0.15, 0.2) is 17.0 Å². The van der Waals surface area contributed by atoms with Crippen LogP contribution in [0.4, 0.5) is 0 Å². The van der Waals surface area contributed by atoms with Crippen LogP contribution in [0.5, 0.6) is 0 Å². The van der Waals surface area contributed by atoms with Crippen LogP contribution in [-0.2, 0) is 10.0 Å². The van der Waals surface area contributed by atoms with Gasteiger partial charge in [-0.25, -0.2) is 13.6 Å². The van der Waals surface area contributed by atoms with Gasteiger partial charge in [-0.15, -0.1) is 0 Å². The van der Waals surface area contributed by atoms with Gasteiger partial charge in [0.05, 0.1) is 4.90 Å². The van der Waals surface area contributed by atoms with Gasteiger partial charge in [0.15, 0.2) is 0 Å². The predicted molar refractivity (Wildman–Crippen MR) is 74.5 cm³/mol. The number of rotatable bonds is 4. The fraction of sp³-hybridized carbons (Fsp3) is 0.462. The Kier molecular flexibility index (Phi) is 4.70. The summed E-state index contributed by atoms with van der Waals surface area (Å²) in [6.07, 6.45) is 0.842. The molecule has 1 aromatic carbocycles. The quantitative estimate of drug-likeness (QED) is 0.908. The lowest BCUT2D eigenvalue weighted by molar-refractivity contribution is 0.0794. The minimum absolute atomic E-state index is 0.00588. The Morgan fingerprint density at radius 1 is 1.26 bits per heavy atom. The largest absolute Gasteiger partial charge is 0.342 e. The van der Waals surface area contributed by atoms with E-state index in [4.69, 9.17) is 5.14 Å². The molecule has 0 bridgehead atoms. The number of carbonyl (C=O) groups is 1. The summed E-state index contributed by atoms with van der Waals surface area (Å²) in [7, 11) is -2.12. The standard InChI is InChI=1S/C13H20N2O3S/c1-5-6-15(4)13(16)11-8-12(19(14,17)18)10(3)7-9(11)2/h7-8H,5-6H2,1-4H3,(H2,14,17,18). The van der Waals surface area contributed by atoms with E-state index < -0.39 is 10.0 Å². The first-order valence-corrected chi connectivity index (χ1v) is 7.62. The summed E-state index contributed by atoms with van der Waals surface area (Å²) in [5, 5.41) is 5.16. The molecule has 0 saturated heterocycles. The Labute approximate surface area is 114 Å². The third-order valence-corrected chi connectivity index (χ3v) is 4.02. The van der Waals surface area contributed by atoms with E-state index in [1.54, 1.807) is 31.9 Å². The van der Waals surface area contributed by atoms with Crippen molar-refractivity contribution in [2.45, 2.75) is 32.1 Å². The number of sulfonamides is 1. The molecule has 0 saturated carbocycles. The summed E-state index contributed by atoms with van der Waals surface area (Å²) in [5.41, 5.74) is 1.68. The van der Waals surface area contributed by atoms with Crippen molar-refractivity contribution in [1.82, 2.24) is 4.90 Å². The smallest absolute Gasteiger partial charge is 0.253 e. The third kappa shape index (κ3) is 3.54. The van der Waals surface area contributed by atoms with Crippen molar-refractivity contribution in [2.75, 3.05) is 13.6 Å². The molecule has 5 nitrogen and oxygen atoms in total. The summed E-state index contributed by atoms with van der Waals surface area (Å²) < 4.78 is 23.0. The summed E-state index contributed by atoms with van der Waals surface area (Å²) in [5.74, 6) is -0.191. The minimum atomic E-state index is -3.81. The maximum atomic E-state index is 12.2. The molecule has 0 aliphatic heterocycles. The van der Waals surface area contributed by atoms with Crippen molar-refractivity contribution in [1.29, 1.82) is 0 Å². The van der Waals surface area contributed by atoms with E-state index in [-0.39, 0.29) is 10.8 Å². The molecule has 0 aliphatic carbocycles. The number of nitrogens with zero attached hydrogens (tertiary/aromatic N) is 1. The van der Waals surface area contributed by atoms with Crippen LogP contribution in [0, 0.1) is 13.8 Å². The molecule has 0 heterocycles. The molecule has 0 atom stereocenters. The van der Waals surface area contributed by atoms with Crippen molar-refractivity contribution in [2.24, 2.45) is 5.14 Å². The number of nitrogens with two attached hydrogens (primary N) is 1. The first kappa shape index (κ1) is 15.7. The third-order valence-electron chi connectivity index (χ3n) is 2.96.